The number of thioether (sulfide) groups is 1. The van der Waals surface area contributed by atoms with Crippen molar-refractivity contribution in [1.82, 2.24) is 5.32 Å². The number of amides is 1. The number of hydrogen-bond donors (Lipinski definition) is 1. The van der Waals surface area contributed by atoms with E-state index in [1.807, 2.05) is 45.9 Å². The lowest BCUT2D eigenvalue weighted by Crippen LogP contribution is -2.44. The predicted octanol–water partition coefficient (Wildman–Crippen LogP) is 3.99. The van der Waals surface area contributed by atoms with E-state index in [1.54, 1.807) is 11.8 Å². The van der Waals surface area contributed by atoms with E-state index < -0.39 is 0 Å². The summed E-state index contributed by atoms with van der Waals surface area (Å²) >= 11 is 5.17. The van der Waals surface area contributed by atoms with Crippen LogP contribution in [0.5, 0.6) is 0 Å². The van der Waals surface area contributed by atoms with Crippen molar-refractivity contribution in [2.45, 2.75) is 44.2 Å². The highest BCUT2D eigenvalue weighted by Gasteiger charge is 2.19. The molecule has 0 spiro atoms. The van der Waals surface area contributed by atoms with Gasteiger partial charge in [0.25, 0.3) is 0 Å². The summed E-state index contributed by atoms with van der Waals surface area (Å²) in [5.74, 6) is 0.930. The average molecular weight is 330 g/mol. The molecule has 0 unspecified atom stereocenters. The minimum atomic E-state index is -0.167. The molecule has 1 atom stereocenters. The first kappa shape index (κ1) is 15.6. The molecule has 1 aromatic rings. The van der Waals surface area contributed by atoms with E-state index in [0.29, 0.717) is 0 Å². The Morgan fingerprint density at radius 2 is 2.00 bits per heavy atom. The monoisotopic (exact) mass is 329 g/mol. The van der Waals surface area contributed by atoms with Gasteiger partial charge < -0.3 is 5.32 Å². The molecule has 0 radical (unpaired) electrons. The van der Waals surface area contributed by atoms with Crippen LogP contribution in [0.3, 0.4) is 0 Å². The standard InChI is InChI=1S/C14H20BrNOS/c1-10(13(17)16-14(2,3)4)18-9-11-7-5-6-8-12(11)15/h5-8,10H,9H2,1-4H3,(H,16,17)/t10-/m1/s1. The Balaban J connectivity index is 2.49. The van der Waals surface area contributed by atoms with Gasteiger partial charge in [0, 0.05) is 15.8 Å². The van der Waals surface area contributed by atoms with Gasteiger partial charge in [0.2, 0.25) is 5.91 Å². The van der Waals surface area contributed by atoms with Crippen molar-refractivity contribution >= 4 is 33.6 Å². The molecule has 0 aromatic heterocycles. The van der Waals surface area contributed by atoms with E-state index in [9.17, 15) is 4.79 Å². The van der Waals surface area contributed by atoms with Crippen LogP contribution in [0.25, 0.3) is 0 Å². The normalized spacial score (nSPS) is 13.2. The number of hydrogen-bond acceptors (Lipinski definition) is 2. The van der Waals surface area contributed by atoms with E-state index in [-0.39, 0.29) is 16.7 Å². The molecule has 0 heterocycles. The quantitative estimate of drug-likeness (QED) is 0.904. The van der Waals surface area contributed by atoms with E-state index in [4.69, 9.17) is 0 Å². The van der Waals surface area contributed by atoms with Crippen LogP contribution in [0, 0.1) is 0 Å². The number of rotatable bonds is 4. The number of benzene rings is 1. The van der Waals surface area contributed by atoms with Gasteiger partial charge in [-0.1, -0.05) is 34.1 Å². The van der Waals surface area contributed by atoms with Crippen molar-refractivity contribution in [3.63, 3.8) is 0 Å². The number of carbonyl (C=O) groups is 1. The van der Waals surface area contributed by atoms with Crippen LogP contribution in [0.15, 0.2) is 28.7 Å². The summed E-state index contributed by atoms with van der Waals surface area (Å²) in [4.78, 5) is 11.9. The van der Waals surface area contributed by atoms with Gasteiger partial charge in [0.05, 0.1) is 5.25 Å². The second kappa shape index (κ2) is 6.62. The molecule has 0 saturated heterocycles. The van der Waals surface area contributed by atoms with E-state index >= 15 is 0 Å². The summed E-state index contributed by atoms with van der Waals surface area (Å²) in [6, 6.07) is 8.11. The first-order chi connectivity index (χ1) is 8.29. The summed E-state index contributed by atoms with van der Waals surface area (Å²) in [7, 11) is 0. The molecule has 1 amide bonds. The highest BCUT2D eigenvalue weighted by Crippen LogP contribution is 2.24. The van der Waals surface area contributed by atoms with Crippen LogP contribution in [0.4, 0.5) is 0 Å². The Bertz CT molecular complexity index is 415. The van der Waals surface area contributed by atoms with Crippen molar-refractivity contribution in [1.29, 1.82) is 0 Å². The Kier molecular flexibility index (Phi) is 5.73. The second-order valence-electron chi connectivity index (χ2n) is 5.28. The third kappa shape index (κ3) is 5.44. The second-order valence-corrected chi connectivity index (χ2v) is 7.47. The maximum atomic E-state index is 11.9. The maximum absolute atomic E-state index is 11.9. The van der Waals surface area contributed by atoms with Crippen molar-refractivity contribution in [2.75, 3.05) is 0 Å². The molecule has 100 valence electrons. The van der Waals surface area contributed by atoms with Crippen LogP contribution in [-0.4, -0.2) is 16.7 Å². The molecule has 18 heavy (non-hydrogen) atoms. The fraction of sp³-hybridized carbons (Fsp3) is 0.500. The van der Waals surface area contributed by atoms with Crippen molar-refractivity contribution in [3.8, 4) is 0 Å². The highest BCUT2D eigenvalue weighted by molar-refractivity contribution is 9.10. The van der Waals surface area contributed by atoms with Gasteiger partial charge in [-0.05, 0) is 39.3 Å². The summed E-state index contributed by atoms with van der Waals surface area (Å²) in [6.45, 7) is 7.94. The maximum Gasteiger partial charge on any atom is 0.233 e. The largest absolute Gasteiger partial charge is 0.351 e. The van der Waals surface area contributed by atoms with Gasteiger partial charge in [-0.15, -0.1) is 11.8 Å². The lowest BCUT2D eigenvalue weighted by molar-refractivity contribution is -0.121. The summed E-state index contributed by atoms with van der Waals surface area (Å²) in [5, 5.41) is 2.95. The molecule has 4 heteroatoms. The SMILES string of the molecule is C[C@@H](SCc1ccccc1Br)C(=O)NC(C)(C)C. The third-order valence-corrected chi connectivity index (χ3v) is 4.28. The Morgan fingerprint density at radius 3 is 2.56 bits per heavy atom. The van der Waals surface area contributed by atoms with Crippen LogP contribution < -0.4 is 5.32 Å². The van der Waals surface area contributed by atoms with Gasteiger partial charge in [-0.2, -0.15) is 0 Å². The molecule has 0 fully saturated rings. The molecule has 1 aromatic carbocycles. The molecule has 0 bridgehead atoms. The molecular weight excluding hydrogens is 310 g/mol. The van der Waals surface area contributed by atoms with Crippen LogP contribution in [0.1, 0.15) is 33.3 Å². The molecule has 1 N–H and O–H groups in total. The first-order valence-electron chi connectivity index (χ1n) is 5.96. The van der Waals surface area contributed by atoms with Gasteiger partial charge in [-0.25, -0.2) is 0 Å². The summed E-state index contributed by atoms with van der Waals surface area (Å²) in [6.07, 6.45) is 0. The molecule has 0 saturated carbocycles. The fourth-order valence-corrected chi connectivity index (χ4v) is 2.88. The minimum absolute atomic E-state index is 0.0451. The predicted molar refractivity (Wildman–Crippen MR) is 82.8 cm³/mol. The molecule has 1 rings (SSSR count). The molecular formula is C14H20BrNOS. The zero-order valence-corrected chi connectivity index (χ0v) is 13.7. The van der Waals surface area contributed by atoms with Crippen molar-refractivity contribution < 1.29 is 4.79 Å². The molecule has 0 aliphatic rings. The average Bonchev–Trinajstić information content (AvgIpc) is 2.25. The summed E-state index contributed by atoms with van der Waals surface area (Å²) in [5.41, 5.74) is 1.05. The molecule has 2 nitrogen and oxygen atoms in total. The van der Waals surface area contributed by atoms with Crippen LogP contribution >= 0.6 is 27.7 Å². The zero-order valence-electron chi connectivity index (χ0n) is 11.3. The van der Waals surface area contributed by atoms with Crippen molar-refractivity contribution in [2.24, 2.45) is 0 Å². The number of halogens is 1. The zero-order chi connectivity index (χ0) is 13.8. The fourth-order valence-electron chi connectivity index (χ4n) is 1.38. The third-order valence-electron chi connectivity index (χ3n) is 2.31. The minimum Gasteiger partial charge on any atom is -0.351 e. The molecule has 0 aliphatic carbocycles. The Morgan fingerprint density at radius 1 is 1.39 bits per heavy atom. The number of carbonyl (C=O) groups excluding carboxylic acids is 1. The smallest absolute Gasteiger partial charge is 0.233 e. The van der Waals surface area contributed by atoms with Gasteiger partial charge in [-0.3, -0.25) is 4.79 Å². The topological polar surface area (TPSA) is 29.1 Å². The highest BCUT2D eigenvalue weighted by atomic mass is 79.9. The van der Waals surface area contributed by atoms with Crippen LogP contribution in [0.2, 0.25) is 0 Å². The van der Waals surface area contributed by atoms with Gasteiger partial charge >= 0.3 is 0 Å². The van der Waals surface area contributed by atoms with E-state index in [1.165, 1.54) is 5.56 Å². The lowest BCUT2D eigenvalue weighted by Gasteiger charge is -2.23. The molecule has 0 aliphatic heterocycles. The first-order valence-corrected chi connectivity index (χ1v) is 7.81. The van der Waals surface area contributed by atoms with E-state index in [0.717, 1.165) is 10.2 Å². The number of nitrogens with one attached hydrogen (secondary N) is 1. The lowest BCUT2D eigenvalue weighted by atomic mass is 10.1. The van der Waals surface area contributed by atoms with Gasteiger partial charge in [0.1, 0.15) is 0 Å². The Hall–Kier alpha value is -0.480. The van der Waals surface area contributed by atoms with Crippen LogP contribution in [-0.2, 0) is 10.5 Å². The summed E-state index contributed by atoms with van der Waals surface area (Å²) < 4.78 is 1.10. The van der Waals surface area contributed by atoms with Gasteiger partial charge in [0.15, 0.2) is 0 Å². The van der Waals surface area contributed by atoms with E-state index in [2.05, 4.69) is 27.3 Å². The Labute approximate surface area is 122 Å². The van der Waals surface area contributed by atoms with Crippen molar-refractivity contribution in [3.05, 3.63) is 34.3 Å².